The van der Waals surface area contributed by atoms with Gasteiger partial charge in [0.05, 0.1) is 22.3 Å². The molecular weight excluding hydrogens is 625 g/mol. The Morgan fingerprint density at radius 3 is 1.97 bits per heavy atom. The van der Waals surface area contributed by atoms with Gasteiger partial charge in [-0.15, -0.1) is 35.0 Å². The fourth-order valence-corrected chi connectivity index (χ4v) is 4.54. The second kappa shape index (κ2) is 13.6. The number of carbonyl (C=O) groups excluding carboxylic acids is 1. The van der Waals surface area contributed by atoms with Crippen LogP contribution in [-0.4, -0.2) is 20.9 Å². The first-order chi connectivity index (χ1) is 16.9. The normalized spacial score (nSPS) is 11.6. The molecule has 0 saturated carbocycles. The molecule has 0 saturated heterocycles. The fourth-order valence-electron chi connectivity index (χ4n) is 4.54. The van der Waals surface area contributed by atoms with Crippen molar-refractivity contribution in [1.82, 2.24) is 9.97 Å². The molecule has 0 spiro atoms. The molecule has 0 amide bonds. The van der Waals surface area contributed by atoms with Gasteiger partial charge < -0.3 is 5.11 Å². The van der Waals surface area contributed by atoms with Gasteiger partial charge in [0, 0.05) is 43.5 Å². The van der Waals surface area contributed by atoms with Gasteiger partial charge in [-0.1, -0.05) is 45.4 Å². The Hall–Kier alpha value is -2.62. The van der Waals surface area contributed by atoms with Crippen molar-refractivity contribution in [1.29, 1.82) is 0 Å². The molecule has 0 aliphatic rings. The third-order valence-electron chi connectivity index (χ3n) is 7.07. The third kappa shape index (κ3) is 6.38. The summed E-state index contributed by atoms with van der Waals surface area (Å²) in [6.07, 6.45) is 4.91. The zero-order valence-electron chi connectivity index (χ0n) is 22.2. The number of aliphatic hydroxyl groups excluding tert-OH is 1. The molecule has 0 aliphatic heterocycles. The summed E-state index contributed by atoms with van der Waals surface area (Å²) in [5.41, 5.74) is 6.26. The fraction of sp³-hybridized carbons (Fsp3) is 0.387. The van der Waals surface area contributed by atoms with Gasteiger partial charge >= 0.3 is 0 Å². The summed E-state index contributed by atoms with van der Waals surface area (Å²) < 4.78 is 0. The minimum Gasteiger partial charge on any atom is -0.512 e. The van der Waals surface area contributed by atoms with Crippen molar-refractivity contribution in [3.8, 4) is 0 Å². The Morgan fingerprint density at radius 2 is 1.42 bits per heavy atom. The van der Waals surface area contributed by atoms with Gasteiger partial charge in [-0.3, -0.25) is 14.8 Å². The van der Waals surface area contributed by atoms with Gasteiger partial charge in [0.2, 0.25) is 0 Å². The number of hydrogen-bond donors (Lipinski definition) is 1. The van der Waals surface area contributed by atoms with Crippen molar-refractivity contribution in [3.05, 3.63) is 71.5 Å². The number of para-hydroxylation sites is 2. The van der Waals surface area contributed by atoms with Crippen LogP contribution < -0.4 is 0 Å². The first-order valence-electron chi connectivity index (χ1n) is 12.8. The number of ketones is 1. The van der Waals surface area contributed by atoms with E-state index >= 15 is 0 Å². The largest absolute Gasteiger partial charge is 0.512 e. The smallest absolute Gasteiger partial charge is 0.162 e. The molecule has 193 valence electrons. The van der Waals surface area contributed by atoms with Crippen LogP contribution in [0.1, 0.15) is 64.5 Å². The van der Waals surface area contributed by atoms with Crippen molar-refractivity contribution in [2.75, 3.05) is 0 Å². The minimum absolute atomic E-state index is 0. The molecular formula is C31H37IrN2O2-. The molecule has 1 N–H and O–H groups in total. The van der Waals surface area contributed by atoms with Crippen LogP contribution in [0.4, 0.5) is 0 Å². The molecule has 0 unspecified atom stereocenters. The summed E-state index contributed by atoms with van der Waals surface area (Å²) in [5, 5.41) is 12.0. The van der Waals surface area contributed by atoms with E-state index in [0.29, 0.717) is 0 Å². The van der Waals surface area contributed by atoms with Gasteiger partial charge in [-0.05, 0) is 57.2 Å². The first kappa shape index (κ1) is 29.6. The van der Waals surface area contributed by atoms with Gasteiger partial charge in [0.25, 0.3) is 0 Å². The number of rotatable bonds is 7. The molecule has 0 aliphatic carbocycles. The number of nitrogens with zero attached hydrogens (tertiary/aromatic N) is 2. The number of fused-ring (bicyclic) bond motifs is 4. The van der Waals surface area contributed by atoms with Gasteiger partial charge in [0.15, 0.2) is 5.78 Å². The van der Waals surface area contributed by atoms with E-state index in [2.05, 4.69) is 26.0 Å². The van der Waals surface area contributed by atoms with E-state index < -0.39 is 0 Å². The van der Waals surface area contributed by atoms with Gasteiger partial charge in [-0.2, -0.15) is 0 Å². The molecule has 0 fully saturated rings. The number of allylic oxidation sites excluding steroid dienone is 2. The second-order valence-electron chi connectivity index (χ2n) is 9.12. The molecule has 1 heterocycles. The van der Waals surface area contributed by atoms with E-state index in [4.69, 9.17) is 9.97 Å². The van der Waals surface area contributed by atoms with Crippen LogP contribution in [0.25, 0.3) is 32.8 Å². The number of hydrogen-bond acceptors (Lipinski definition) is 4. The van der Waals surface area contributed by atoms with Crippen LogP contribution in [-0.2, 0) is 24.9 Å². The average molecular weight is 662 g/mol. The summed E-state index contributed by atoms with van der Waals surface area (Å²) >= 11 is 0. The van der Waals surface area contributed by atoms with E-state index in [1.807, 2.05) is 64.1 Å². The Bertz CT molecular complexity index is 1360. The third-order valence-corrected chi connectivity index (χ3v) is 7.07. The molecule has 36 heavy (non-hydrogen) atoms. The number of aliphatic hydroxyl groups is 1. The number of aromatic nitrogens is 2. The molecule has 4 nitrogen and oxygen atoms in total. The SMILES string of the molecule is CCC(CC)C(=O)/C=C(\O)C(CC)CC.Cc1c(C)c2nc3ccccc3nc2c2[c-]cccc12.[Ir]. The summed E-state index contributed by atoms with van der Waals surface area (Å²) in [5.74, 6) is 0.547. The maximum absolute atomic E-state index is 11.7. The van der Waals surface area contributed by atoms with Crippen molar-refractivity contribution in [2.45, 2.75) is 67.2 Å². The van der Waals surface area contributed by atoms with Crippen molar-refractivity contribution < 1.29 is 30.0 Å². The zero-order valence-corrected chi connectivity index (χ0v) is 24.6. The van der Waals surface area contributed by atoms with Crippen molar-refractivity contribution in [3.63, 3.8) is 0 Å². The summed E-state index contributed by atoms with van der Waals surface area (Å²) in [7, 11) is 0. The predicted octanol–water partition coefficient (Wildman–Crippen LogP) is 8.22. The molecule has 3 aromatic carbocycles. The van der Waals surface area contributed by atoms with Crippen molar-refractivity contribution in [2.24, 2.45) is 11.8 Å². The summed E-state index contributed by atoms with van der Waals surface area (Å²) in [6, 6.07) is 17.4. The standard InChI is InChI=1S/C18H13N2.C13H24O2.Ir/c1-11-12(2)17-18(14-8-4-3-7-13(11)14)20-16-10-6-5-9-15(16)19-17;1-5-10(6-2)12(14)9-13(15)11(7-3)8-4;/h3-7,9-10H,1-2H3;9-11,14H,5-8H2,1-4H3;/q-1;;/b;12-9-;. The molecule has 4 aromatic rings. The topological polar surface area (TPSA) is 63.1 Å². The molecule has 0 bridgehead atoms. The predicted molar refractivity (Wildman–Crippen MR) is 147 cm³/mol. The molecule has 1 aromatic heterocycles. The van der Waals surface area contributed by atoms with Crippen LogP contribution in [0, 0.1) is 31.7 Å². The van der Waals surface area contributed by atoms with E-state index in [1.165, 1.54) is 22.6 Å². The van der Waals surface area contributed by atoms with Crippen LogP contribution in [0.3, 0.4) is 0 Å². The quantitative estimate of drug-likeness (QED) is 0.0713. The Balaban J connectivity index is 0.000000260. The Kier molecular flexibility index (Phi) is 11.2. The monoisotopic (exact) mass is 662 g/mol. The maximum atomic E-state index is 11.7. The van der Waals surface area contributed by atoms with Crippen LogP contribution >= 0.6 is 0 Å². The average Bonchev–Trinajstić information content (AvgIpc) is 2.88. The summed E-state index contributed by atoms with van der Waals surface area (Å²) in [6.45, 7) is 12.3. The number of carbonyl (C=O) groups is 1. The van der Waals surface area contributed by atoms with E-state index in [-0.39, 0.29) is 43.5 Å². The number of benzene rings is 3. The van der Waals surface area contributed by atoms with Crippen molar-refractivity contribution >= 4 is 38.6 Å². The molecule has 4 rings (SSSR count). The maximum Gasteiger partial charge on any atom is 0.162 e. The van der Waals surface area contributed by atoms with Crippen LogP contribution in [0.15, 0.2) is 54.3 Å². The van der Waals surface area contributed by atoms with E-state index in [0.717, 1.165) is 53.1 Å². The molecule has 0 atom stereocenters. The first-order valence-corrected chi connectivity index (χ1v) is 12.8. The summed E-state index contributed by atoms with van der Waals surface area (Å²) in [4.78, 5) is 21.3. The van der Waals surface area contributed by atoms with Gasteiger partial charge in [-0.25, -0.2) is 0 Å². The molecule has 1 radical (unpaired) electrons. The van der Waals surface area contributed by atoms with Gasteiger partial charge in [0.1, 0.15) is 0 Å². The Morgan fingerprint density at radius 1 is 0.861 bits per heavy atom. The van der Waals surface area contributed by atoms with Crippen LogP contribution in [0.2, 0.25) is 0 Å². The number of aryl methyl sites for hydroxylation is 2. The zero-order chi connectivity index (χ0) is 25.5. The minimum atomic E-state index is 0. The second-order valence-corrected chi connectivity index (χ2v) is 9.12. The Labute approximate surface area is 228 Å². The van der Waals surface area contributed by atoms with E-state index in [9.17, 15) is 9.90 Å². The van der Waals surface area contributed by atoms with Crippen LogP contribution in [0.5, 0.6) is 0 Å². The molecule has 5 heteroatoms. The van der Waals surface area contributed by atoms with E-state index in [1.54, 1.807) is 0 Å².